The molecule has 3 aromatic carbocycles. The van der Waals surface area contributed by atoms with Crippen LogP contribution in [-0.4, -0.2) is 8.42 Å². The van der Waals surface area contributed by atoms with Gasteiger partial charge < -0.3 is 0 Å². The first-order valence-corrected chi connectivity index (χ1v) is 9.26. The molecule has 0 aromatic heterocycles. The first-order valence-electron chi connectivity index (χ1n) is 6.98. The van der Waals surface area contributed by atoms with E-state index in [0.29, 0.717) is 5.69 Å². The minimum Gasteiger partial charge on any atom is -0.280 e. The second kappa shape index (κ2) is 6.56. The Balaban J connectivity index is 1.82. The van der Waals surface area contributed by atoms with Crippen molar-refractivity contribution in [2.45, 2.75) is 4.90 Å². The Hall–Kier alpha value is -2.11. The van der Waals surface area contributed by atoms with E-state index in [4.69, 9.17) is 0 Å². The van der Waals surface area contributed by atoms with Gasteiger partial charge >= 0.3 is 0 Å². The second-order valence-electron chi connectivity index (χ2n) is 5.00. The monoisotopic (exact) mass is 387 g/mol. The smallest absolute Gasteiger partial charge is 0.261 e. The van der Waals surface area contributed by atoms with Crippen LogP contribution in [0.15, 0.2) is 88.2 Å². The second-order valence-corrected chi connectivity index (χ2v) is 7.60. The number of halogens is 1. The maximum Gasteiger partial charge on any atom is 0.261 e. The first kappa shape index (κ1) is 15.8. The molecule has 0 spiro atoms. The van der Waals surface area contributed by atoms with Crippen molar-refractivity contribution in [3.05, 3.63) is 83.3 Å². The highest BCUT2D eigenvalue weighted by molar-refractivity contribution is 9.10. The summed E-state index contributed by atoms with van der Waals surface area (Å²) >= 11 is 3.29. The molecule has 0 saturated carbocycles. The molecule has 0 unspecified atom stereocenters. The van der Waals surface area contributed by atoms with Crippen molar-refractivity contribution in [3.8, 4) is 11.1 Å². The van der Waals surface area contributed by atoms with E-state index < -0.39 is 10.0 Å². The van der Waals surface area contributed by atoms with Crippen molar-refractivity contribution >= 4 is 31.6 Å². The predicted molar refractivity (Wildman–Crippen MR) is 96.8 cm³/mol. The molecule has 0 bridgehead atoms. The van der Waals surface area contributed by atoms with Crippen LogP contribution in [-0.2, 0) is 10.0 Å². The molecule has 3 aromatic rings. The summed E-state index contributed by atoms with van der Waals surface area (Å²) in [6.07, 6.45) is 0. The molecule has 1 N–H and O–H groups in total. The van der Waals surface area contributed by atoms with E-state index in [1.807, 2.05) is 42.5 Å². The molecule has 116 valence electrons. The molecule has 0 fully saturated rings. The number of rotatable bonds is 4. The number of anilines is 1. The highest BCUT2D eigenvalue weighted by Crippen LogP contribution is 2.23. The molecule has 0 heterocycles. The minimum atomic E-state index is -3.58. The van der Waals surface area contributed by atoms with E-state index in [9.17, 15) is 8.42 Å². The lowest BCUT2D eigenvalue weighted by Crippen LogP contribution is -2.12. The van der Waals surface area contributed by atoms with Gasteiger partial charge in [0.15, 0.2) is 0 Å². The summed E-state index contributed by atoms with van der Waals surface area (Å²) in [5, 5.41) is 0. The van der Waals surface area contributed by atoms with Gasteiger partial charge in [-0.3, -0.25) is 4.72 Å². The molecular formula is C18H14BrNO2S. The lowest BCUT2D eigenvalue weighted by Gasteiger charge is -2.09. The van der Waals surface area contributed by atoms with Crippen LogP contribution >= 0.6 is 15.9 Å². The topological polar surface area (TPSA) is 46.2 Å². The molecule has 0 aliphatic carbocycles. The average molecular weight is 388 g/mol. The fourth-order valence-electron chi connectivity index (χ4n) is 2.19. The van der Waals surface area contributed by atoms with Gasteiger partial charge in [0.25, 0.3) is 10.0 Å². The molecule has 0 saturated heterocycles. The zero-order chi connectivity index (χ0) is 16.3. The summed E-state index contributed by atoms with van der Waals surface area (Å²) in [7, 11) is -3.58. The summed E-state index contributed by atoms with van der Waals surface area (Å²) in [4.78, 5) is 0.229. The minimum absolute atomic E-state index is 0.229. The zero-order valence-electron chi connectivity index (χ0n) is 12.1. The molecule has 0 amide bonds. The lowest BCUT2D eigenvalue weighted by molar-refractivity contribution is 0.601. The van der Waals surface area contributed by atoms with Crippen LogP contribution in [0.4, 0.5) is 5.69 Å². The Morgan fingerprint density at radius 3 is 1.87 bits per heavy atom. The number of hydrogen-bond acceptors (Lipinski definition) is 2. The van der Waals surface area contributed by atoms with Gasteiger partial charge in [0.05, 0.1) is 4.90 Å². The summed E-state index contributed by atoms with van der Waals surface area (Å²) in [6.45, 7) is 0. The third-order valence-electron chi connectivity index (χ3n) is 3.37. The maximum atomic E-state index is 12.3. The maximum absolute atomic E-state index is 12.3. The van der Waals surface area contributed by atoms with Crippen LogP contribution in [0.3, 0.4) is 0 Å². The average Bonchev–Trinajstić information content (AvgIpc) is 2.56. The molecule has 23 heavy (non-hydrogen) atoms. The lowest BCUT2D eigenvalue weighted by atomic mass is 10.1. The zero-order valence-corrected chi connectivity index (χ0v) is 14.5. The van der Waals surface area contributed by atoms with E-state index in [-0.39, 0.29) is 4.90 Å². The molecule has 3 nitrogen and oxygen atoms in total. The van der Waals surface area contributed by atoms with Gasteiger partial charge in [0.2, 0.25) is 0 Å². The van der Waals surface area contributed by atoms with Gasteiger partial charge in [-0.15, -0.1) is 0 Å². The largest absolute Gasteiger partial charge is 0.280 e. The number of sulfonamides is 1. The van der Waals surface area contributed by atoms with Gasteiger partial charge in [0, 0.05) is 10.2 Å². The third-order valence-corrected chi connectivity index (χ3v) is 5.29. The van der Waals surface area contributed by atoms with Gasteiger partial charge in [0.1, 0.15) is 0 Å². The summed E-state index contributed by atoms with van der Waals surface area (Å²) in [5.41, 5.74) is 2.67. The van der Waals surface area contributed by atoms with Crippen molar-refractivity contribution in [3.63, 3.8) is 0 Å². The summed E-state index contributed by atoms with van der Waals surface area (Å²) in [6, 6.07) is 23.8. The van der Waals surface area contributed by atoms with Crippen molar-refractivity contribution in [2.24, 2.45) is 0 Å². The Labute approximate surface area is 144 Å². The molecule has 3 rings (SSSR count). The SMILES string of the molecule is O=S(=O)(Nc1ccc(-c2ccccc2)cc1)c1ccc(Br)cc1. The fraction of sp³-hybridized carbons (Fsp3) is 0. The van der Waals surface area contributed by atoms with Crippen LogP contribution in [0.1, 0.15) is 0 Å². The number of benzene rings is 3. The van der Waals surface area contributed by atoms with Crippen LogP contribution in [0.2, 0.25) is 0 Å². The van der Waals surface area contributed by atoms with Crippen LogP contribution < -0.4 is 4.72 Å². The highest BCUT2D eigenvalue weighted by atomic mass is 79.9. The van der Waals surface area contributed by atoms with Crippen molar-refractivity contribution in [2.75, 3.05) is 4.72 Å². The van der Waals surface area contributed by atoms with Gasteiger partial charge in [-0.1, -0.05) is 58.4 Å². The summed E-state index contributed by atoms with van der Waals surface area (Å²) in [5.74, 6) is 0. The quantitative estimate of drug-likeness (QED) is 0.690. The Bertz CT molecular complexity index is 890. The summed E-state index contributed by atoms with van der Waals surface area (Å²) < 4.78 is 28.1. The Morgan fingerprint density at radius 2 is 1.26 bits per heavy atom. The van der Waals surface area contributed by atoms with Crippen LogP contribution in [0.5, 0.6) is 0 Å². The molecule has 0 atom stereocenters. The van der Waals surface area contributed by atoms with Crippen LogP contribution in [0.25, 0.3) is 11.1 Å². The van der Waals surface area contributed by atoms with Crippen molar-refractivity contribution < 1.29 is 8.42 Å². The Kier molecular flexibility index (Phi) is 4.50. The molecule has 0 radical (unpaired) electrons. The van der Waals surface area contributed by atoms with E-state index >= 15 is 0 Å². The van der Waals surface area contributed by atoms with E-state index in [2.05, 4.69) is 20.7 Å². The van der Waals surface area contributed by atoms with Crippen LogP contribution in [0, 0.1) is 0 Å². The Morgan fingerprint density at radius 1 is 0.696 bits per heavy atom. The van der Waals surface area contributed by atoms with Gasteiger partial charge in [-0.25, -0.2) is 8.42 Å². The van der Waals surface area contributed by atoms with Crippen molar-refractivity contribution in [1.29, 1.82) is 0 Å². The third kappa shape index (κ3) is 3.81. The number of nitrogens with one attached hydrogen (secondary N) is 1. The predicted octanol–water partition coefficient (Wildman–Crippen LogP) is 4.92. The van der Waals surface area contributed by atoms with Gasteiger partial charge in [-0.2, -0.15) is 0 Å². The van der Waals surface area contributed by atoms with E-state index in [1.165, 1.54) is 0 Å². The molecule has 0 aliphatic rings. The van der Waals surface area contributed by atoms with Crippen molar-refractivity contribution in [1.82, 2.24) is 0 Å². The van der Waals surface area contributed by atoms with E-state index in [1.54, 1.807) is 36.4 Å². The fourth-order valence-corrected chi connectivity index (χ4v) is 3.51. The normalized spacial score (nSPS) is 11.2. The molecule has 0 aliphatic heterocycles. The molecular weight excluding hydrogens is 374 g/mol. The standard InChI is InChI=1S/C18H14BrNO2S/c19-16-8-12-18(13-9-16)23(21,22)20-17-10-6-15(7-11-17)14-4-2-1-3-5-14/h1-13,20H. The number of hydrogen-bond donors (Lipinski definition) is 1. The van der Waals surface area contributed by atoms with E-state index in [0.717, 1.165) is 15.6 Å². The first-order chi connectivity index (χ1) is 11.0. The molecule has 5 heteroatoms. The van der Waals surface area contributed by atoms with Gasteiger partial charge in [-0.05, 0) is 47.5 Å². The highest BCUT2D eigenvalue weighted by Gasteiger charge is 2.13.